The second-order valence-electron chi connectivity index (χ2n) is 2.48. The number of H-pyrrole nitrogens is 1. The van der Waals surface area contributed by atoms with Crippen LogP contribution in [0.5, 0.6) is 0 Å². The van der Waals surface area contributed by atoms with Crippen LogP contribution in [0.2, 0.25) is 0 Å². The summed E-state index contributed by atoms with van der Waals surface area (Å²) in [5.41, 5.74) is 0.946. The molecule has 1 aromatic carbocycles. The van der Waals surface area contributed by atoms with Gasteiger partial charge in [-0.25, -0.2) is 4.39 Å². The summed E-state index contributed by atoms with van der Waals surface area (Å²) in [6.07, 6.45) is 1.48. The van der Waals surface area contributed by atoms with Gasteiger partial charge in [-0.15, -0.1) is 0 Å². The van der Waals surface area contributed by atoms with Crippen LogP contribution in [0.25, 0.3) is 11.3 Å². The van der Waals surface area contributed by atoms with Gasteiger partial charge < -0.3 is 0 Å². The van der Waals surface area contributed by atoms with Crippen molar-refractivity contribution >= 4 is 15.9 Å². The Kier molecular flexibility index (Phi) is 2.10. The highest BCUT2D eigenvalue weighted by Crippen LogP contribution is 2.22. The zero-order valence-corrected chi connectivity index (χ0v) is 8.05. The molecule has 0 aliphatic heterocycles. The third kappa shape index (κ3) is 1.60. The minimum Gasteiger partial charge on any atom is -0.206 e. The molecular weight excluding hydrogens is 237 g/mol. The van der Waals surface area contributed by atoms with Gasteiger partial charge in [-0.05, 0) is 18.2 Å². The summed E-state index contributed by atoms with van der Waals surface area (Å²) < 4.78 is 14.0. The van der Waals surface area contributed by atoms with Crippen molar-refractivity contribution in [3.05, 3.63) is 34.7 Å². The van der Waals surface area contributed by atoms with Gasteiger partial charge >= 0.3 is 0 Å². The number of halogens is 2. The van der Waals surface area contributed by atoms with Gasteiger partial charge in [0.2, 0.25) is 0 Å². The maximum Gasteiger partial charge on any atom is 0.133 e. The summed E-state index contributed by atoms with van der Waals surface area (Å²) in [7, 11) is 0. The summed E-state index contributed by atoms with van der Waals surface area (Å²) in [5.74, 6) is -0.316. The van der Waals surface area contributed by atoms with Gasteiger partial charge in [0.05, 0.1) is 6.20 Å². The molecule has 0 aliphatic carbocycles. The fraction of sp³-hybridized carbons (Fsp3) is 0. The molecule has 2 aromatic rings. The molecule has 0 spiro atoms. The molecule has 0 saturated heterocycles. The van der Waals surface area contributed by atoms with Crippen molar-refractivity contribution in [3.8, 4) is 11.3 Å². The van der Waals surface area contributed by atoms with Gasteiger partial charge in [-0.2, -0.15) is 15.4 Å². The molecular formula is C8H5BrFN3. The highest BCUT2D eigenvalue weighted by Gasteiger charge is 2.06. The lowest BCUT2D eigenvalue weighted by Crippen LogP contribution is -1.84. The van der Waals surface area contributed by atoms with Gasteiger partial charge in [-0.1, -0.05) is 15.9 Å². The Bertz CT molecular complexity index is 413. The number of hydrogen-bond acceptors (Lipinski definition) is 2. The van der Waals surface area contributed by atoms with Crippen molar-refractivity contribution < 1.29 is 4.39 Å². The maximum atomic E-state index is 13.3. The van der Waals surface area contributed by atoms with Crippen molar-refractivity contribution in [2.75, 3.05) is 0 Å². The van der Waals surface area contributed by atoms with Crippen molar-refractivity contribution in [3.63, 3.8) is 0 Å². The molecule has 5 heteroatoms. The molecule has 0 fully saturated rings. The van der Waals surface area contributed by atoms with Crippen LogP contribution in [0, 0.1) is 5.82 Å². The van der Waals surface area contributed by atoms with Crippen molar-refractivity contribution in [2.24, 2.45) is 0 Å². The third-order valence-corrected chi connectivity index (χ3v) is 2.12. The van der Waals surface area contributed by atoms with Crippen molar-refractivity contribution in [1.82, 2.24) is 15.4 Å². The Morgan fingerprint density at radius 3 is 2.85 bits per heavy atom. The molecule has 0 bridgehead atoms. The Labute approximate surface area is 82.1 Å². The quantitative estimate of drug-likeness (QED) is 0.833. The fourth-order valence-electron chi connectivity index (χ4n) is 1.03. The lowest BCUT2D eigenvalue weighted by Gasteiger charge is -1.97. The molecule has 0 atom stereocenters. The van der Waals surface area contributed by atoms with E-state index in [4.69, 9.17) is 0 Å². The minimum atomic E-state index is -0.316. The van der Waals surface area contributed by atoms with Gasteiger partial charge in [0.1, 0.15) is 11.5 Å². The predicted molar refractivity (Wildman–Crippen MR) is 49.5 cm³/mol. The number of hydrogen-bond donors (Lipinski definition) is 1. The molecule has 0 unspecified atom stereocenters. The highest BCUT2D eigenvalue weighted by atomic mass is 79.9. The molecule has 13 heavy (non-hydrogen) atoms. The SMILES string of the molecule is Fc1cc(Br)ccc1-c1cn[nH]n1. The highest BCUT2D eigenvalue weighted by molar-refractivity contribution is 9.10. The number of rotatable bonds is 1. The van der Waals surface area contributed by atoms with Crippen molar-refractivity contribution in [1.29, 1.82) is 0 Å². The first-order valence-electron chi connectivity index (χ1n) is 3.58. The van der Waals surface area contributed by atoms with E-state index in [1.165, 1.54) is 12.3 Å². The van der Waals surface area contributed by atoms with E-state index in [0.29, 0.717) is 15.7 Å². The Balaban J connectivity index is 2.53. The van der Waals surface area contributed by atoms with Crippen LogP contribution in [0.15, 0.2) is 28.9 Å². The normalized spacial score (nSPS) is 10.3. The van der Waals surface area contributed by atoms with Crippen LogP contribution in [0.4, 0.5) is 4.39 Å². The van der Waals surface area contributed by atoms with Crippen LogP contribution >= 0.6 is 15.9 Å². The predicted octanol–water partition coefficient (Wildman–Crippen LogP) is 2.37. The third-order valence-electron chi connectivity index (χ3n) is 1.62. The second-order valence-corrected chi connectivity index (χ2v) is 3.40. The molecule has 66 valence electrons. The summed E-state index contributed by atoms with van der Waals surface area (Å²) in [6, 6.07) is 4.80. The van der Waals surface area contributed by atoms with Crippen LogP contribution < -0.4 is 0 Å². The summed E-state index contributed by atoms with van der Waals surface area (Å²) in [4.78, 5) is 0. The maximum absolute atomic E-state index is 13.3. The summed E-state index contributed by atoms with van der Waals surface area (Å²) >= 11 is 3.18. The lowest BCUT2D eigenvalue weighted by molar-refractivity contribution is 0.630. The van der Waals surface area contributed by atoms with E-state index < -0.39 is 0 Å². The zero-order chi connectivity index (χ0) is 9.26. The number of nitrogens with zero attached hydrogens (tertiary/aromatic N) is 2. The molecule has 1 heterocycles. The number of benzene rings is 1. The van der Waals surface area contributed by atoms with Gasteiger partial charge in [0, 0.05) is 10.0 Å². The monoisotopic (exact) mass is 241 g/mol. The summed E-state index contributed by atoms with van der Waals surface area (Å²) in [5, 5.41) is 9.82. The first-order chi connectivity index (χ1) is 6.27. The second kappa shape index (κ2) is 3.26. The molecule has 0 amide bonds. The zero-order valence-electron chi connectivity index (χ0n) is 6.46. The summed E-state index contributed by atoms with van der Waals surface area (Å²) in [6.45, 7) is 0. The number of nitrogens with one attached hydrogen (secondary N) is 1. The minimum absolute atomic E-state index is 0.316. The Hall–Kier alpha value is -1.23. The van der Waals surface area contributed by atoms with Crippen LogP contribution in [0.1, 0.15) is 0 Å². The topological polar surface area (TPSA) is 41.6 Å². The molecule has 0 radical (unpaired) electrons. The number of aromatic amines is 1. The Morgan fingerprint density at radius 2 is 2.23 bits per heavy atom. The average Bonchev–Trinajstić information content (AvgIpc) is 2.56. The largest absolute Gasteiger partial charge is 0.206 e. The van der Waals surface area contributed by atoms with Gasteiger partial charge in [-0.3, -0.25) is 0 Å². The van der Waals surface area contributed by atoms with Crippen LogP contribution in [-0.2, 0) is 0 Å². The van der Waals surface area contributed by atoms with E-state index in [-0.39, 0.29) is 5.82 Å². The molecule has 0 saturated carbocycles. The fourth-order valence-corrected chi connectivity index (χ4v) is 1.36. The number of aromatic nitrogens is 3. The van der Waals surface area contributed by atoms with E-state index in [1.54, 1.807) is 12.1 Å². The molecule has 0 aliphatic rings. The first kappa shape index (κ1) is 8.37. The van der Waals surface area contributed by atoms with Crippen LogP contribution in [0.3, 0.4) is 0 Å². The standard InChI is InChI=1S/C8H5BrFN3/c9-5-1-2-6(7(10)3-5)8-4-11-13-12-8/h1-4H,(H,11,12,13). The molecule has 3 nitrogen and oxygen atoms in total. The van der Waals surface area contributed by atoms with Gasteiger partial charge in [0.25, 0.3) is 0 Å². The van der Waals surface area contributed by atoms with E-state index in [2.05, 4.69) is 31.3 Å². The Morgan fingerprint density at radius 1 is 1.38 bits per heavy atom. The molecule has 1 N–H and O–H groups in total. The average molecular weight is 242 g/mol. The lowest BCUT2D eigenvalue weighted by atomic mass is 10.1. The van der Waals surface area contributed by atoms with Crippen LogP contribution in [-0.4, -0.2) is 15.4 Å². The van der Waals surface area contributed by atoms with Crippen molar-refractivity contribution in [2.45, 2.75) is 0 Å². The molecule has 1 aromatic heterocycles. The van der Waals surface area contributed by atoms with E-state index >= 15 is 0 Å². The smallest absolute Gasteiger partial charge is 0.133 e. The van der Waals surface area contributed by atoms with Gasteiger partial charge in [0.15, 0.2) is 0 Å². The first-order valence-corrected chi connectivity index (χ1v) is 4.38. The van der Waals surface area contributed by atoms with E-state index in [9.17, 15) is 4.39 Å². The van der Waals surface area contributed by atoms with E-state index in [0.717, 1.165) is 0 Å². The van der Waals surface area contributed by atoms with E-state index in [1.807, 2.05) is 0 Å². The molecule has 2 rings (SSSR count).